The summed E-state index contributed by atoms with van der Waals surface area (Å²) in [5.74, 6) is 0.630. The minimum atomic E-state index is -4.38. The van der Waals surface area contributed by atoms with Crippen LogP contribution in [0.1, 0.15) is 12.0 Å². The van der Waals surface area contributed by atoms with Crippen LogP contribution in [0, 0.1) is 0 Å². The predicted molar refractivity (Wildman–Crippen MR) is 108 cm³/mol. The monoisotopic (exact) mass is 436 g/mol. The number of ether oxygens (including phenoxy) is 1. The maximum Gasteiger partial charge on any atom is 0.416 e. The number of nitrogens with zero attached hydrogens (tertiary/aromatic N) is 3. The zero-order valence-corrected chi connectivity index (χ0v) is 17.1. The molecule has 1 aromatic heterocycles. The number of methoxy groups -OCH3 is 1. The van der Waals surface area contributed by atoms with Gasteiger partial charge in [-0.25, -0.2) is 9.78 Å². The molecule has 166 valence electrons. The van der Waals surface area contributed by atoms with E-state index in [9.17, 15) is 22.8 Å². The number of carbonyl (C=O) groups excluding carboxylic acids is 2. The number of amides is 1. The molecule has 2 heterocycles. The van der Waals surface area contributed by atoms with Gasteiger partial charge in [-0.05, 0) is 36.9 Å². The Bertz CT molecular complexity index is 919. The second kappa shape index (κ2) is 8.93. The van der Waals surface area contributed by atoms with Crippen LogP contribution in [-0.4, -0.2) is 61.7 Å². The van der Waals surface area contributed by atoms with Crippen molar-refractivity contribution in [2.75, 3.05) is 38.7 Å². The Labute approximate surface area is 177 Å². The number of pyridine rings is 1. The van der Waals surface area contributed by atoms with E-state index in [1.807, 2.05) is 4.90 Å². The van der Waals surface area contributed by atoms with Crippen LogP contribution in [0.2, 0.25) is 0 Å². The van der Waals surface area contributed by atoms with E-state index >= 15 is 0 Å². The van der Waals surface area contributed by atoms with Crippen molar-refractivity contribution in [3.05, 3.63) is 48.2 Å². The average Bonchev–Trinajstić information content (AvgIpc) is 2.78. The van der Waals surface area contributed by atoms with Gasteiger partial charge in [0, 0.05) is 31.3 Å². The highest BCUT2D eigenvalue weighted by Crippen LogP contribution is 2.31. The molecule has 31 heavy (non-hydrogen) atoms. The van der Waals surface area contributed by atoms with Crippen LogP contribution in [0.4, 0.5) is 23.8 Å². The normalized spacial score (nSPS) is 19.3. The Kier molecular flexibility index (Phi) is 6.49. The lowest BCUT2D eigenvalue weighted by molar-refractivity contribution is -0.137. The quantitative estimate of drug-likeness (QED) is 0.726. The Morgan fingerprint density at radius 2 is 1.87 bits per heavy atom. The second-order valence-electron chi connectivity index (χ2n) is 7.18. The summed E-state index contributed by atoms with van der Waals surface area (Å²) in [6.07, 6.45) is -2.50. The topological polar surface area (TPSA) is 74.8 Å². The molecule has 2 aromatic rings. The van der Waals surface area contributed by atoms with E-state index < -0.39 is 23.5 Å². The molecule has 1 unspecified atom stereocenters. The first-order valence-electron chi connectivity index (χ1n) is 9.61. The van der Waals surface area contributed by atoms with E-state index in [0.717, 1.165) is 18.4 Å². The number of hydrogen-bond acceptors (Lipinski definition) is 6. The second-order valence-corrected chi connectivity index (χ2v) is 7.18. The van der Waals surface area contributed by atoms with Gasteiger partial charge in [-0.15, -0.1) is 0 Å². The Morgan fingerprint density at radius 3 is 2.39 bits per heavy atom. The van der Waals surface area contributed by atoms with Crippen LogP contribution >= 0.6 is 0 Å². The summed E-state index contributed by atoms with van der Waals surface area (Å²) in [5, 5.41) is 3.07. The SMILES string of the molecule is CNC1(CC=O)CN(c2ccc(-c3ccc(C(F)(F)F)cc3)cn2)CCN1C(=O)OC. The molecule has 3 rings (SSSR count). The highest BCUT2D eigenvalue weighted by atomic mass is 19.4. The maximum atomic E-state index is 12.8. The van der Waals surface area contributed by atoms with Crippen LogP contribution in [0.25, 0.3) is 11.1 Å². The summed E-state index contributed by atoms with van der Waals surface area (Å²) in [6, 6.07) is 8.43. The molecule has 0 bridgehead atoms. The molecule has 0 radical (unpaired) electrons. The number of carbonyl (C=O) groups is 2. The minimum absolute atomic E-state index is 0.0682. The number of benzene rings is 1. The third kappa shape index (κ3) is 4.63. The van der Waals surface area contributed by atoms with E-state index in [1.165, 1.54) is 24.1 Å². The van der Waals surface area contributed by atoms with Gasteiger partial charge in [0.2, 0.25) is 0 Å². The van der Waals surface area contributed by atoms with Crippen molar-refractivity contribution < 1.29 is 27.5 Å². The summed E-state index contributed by atoms with van der Waals surface area (Å²) >= 11 is 0. The first-order chi connectivity index (χ1) is 14.7. The maximum absolute atomic E-state index is 12.8. The number of nitrogens with one attached hydrogen (secondary N) is 1. The number of piperazine rings is 1. The van der Waals surface area contributed by atoms with Crippen LogP contribution < -0.4 is 10.2 Å². The fourth-order valence-electron chi connectivity index (χ4n) is 3.71. The molecule has 1 fully saturated rings. The van der Waals surface area contributed by atoms with Crippen molar-refractivity contribution in [3.63, 3.8) is 0 Å². The Hall–Kier alpha value is -3.14. The minimum Gasteiger partial charge on any atom is -0.453 e. The third-order valence-corrected chi connectivity index (χ3v) is 5.46. The molecule has 1 aliphatic rings. The largest absolute Gasteiger partial charge is 0.453 e. The number of aromatic nitrogens is 1. The highest BCUT2D eigenvalue weighted by Gasteiger charge is 2.44. The van der Waals surface area contributed by atoms with E-state index in [0.29, 0.717) is 36.6 Å². The molecule has 1 aromatic carbocycles. The van der Waals surface area contributed by atoms with Gasteiger partial charge in [-0.1, -0.05) is 12.1 Å². The van der Waals surface area contributed by atoms with Crippen molar-refractivity contribution in [1.29, 1.82) is 0 Å². The number of rotatable bonds is 5. The number of alkyl halides is 3. The third-order valence-electron chi connectivity index (χ3n) is 5.46. The molecule has 1 amide bonds. The fourth-order valence-corrected chi connectivity index (χ4v) is 3.71. The molecule has 0 spiro atoms. The molecule has 0 aliphatic carbocycles. The summed E-state index contributed by atoms with van der Waals surface area (Å²) in [6.45, 7) is 1.11. The molecule has 1 N–H and O–H groups in total. The molecule has 1 atom stereocenters. The summed E-state index contributed by atoms with van der Waals surface area (Å²) in [4.78, 5) is 31.4. The number of halogens is 3. The summed E-state index contributed by atoms with van der Waals surface area (Å²) in [5.41, 5.74) is -0.352. The van der Waals surface area contributed by atoms with Crippen LogP contribution in [0.3, 0.4) is 0 Å². The van der Waals surface area contributed by atoms with Gasteiger partial charge in [-0.2, -0.15) is 13.2 Å². The molecule has 0 saturated carbocycles. The number of aldehydes is 1. The van der Waals surface area contributed by atoms with Crippen molar-refractivity contribution in [2.24, 2.45) is 0 Å². The van der Waals surface area contributed by atoms with Gasteiger partial charge in [-0.3, -0.25) is 10.2 Å². The average molecular weight is 436 g/mol. The molecule has 10 heteroatoms. The van der Waals surface area contributed by atoms with Crippen LogP contribution in [0.5, 0.6) is 0 Å². The molecular weight excluding hydrogens is 413 g/mol. The zero-order valence-electron chi connectivity index (χ0n) is 17.1. The predicted octanol–water partition coefficient (Wildman–Crippen LogP) is 3.16. The van der Waals surface area contributed by atoms with E-state index in [-0.39, 0.29) is 6.42 Å². The number of likely N-dealkylation sites (N-methyl/N-ethyl adjacent to an activating group) is 1. The van der Waals surface area contributed by atoms with E-state index in [2.05, 4.69) is 10.3 Å². The lowest BCUT2D eigenvalue weighted by Crippen LogP contribution is -2.70. The van der Waals surface area contributed by atoms with Crippen LogP contribution in [0.15, 0.2) is 42.6 Å². The van der Waals surface area contributed by atoms with E-state index in [1.54, 1.807) is 25.4 Å². The Morgan fingerprint density at radius 1 is 1.19 bits per heavy atom. The van der Waals surface area contributed by atoms with Crippen molar-refractivity contribution >= 4 is 18.2 Å². The van der Waals surface area contributed by atoms with Gasteiger partial charge in [0.15, 0.2) is 0 Å². The molecule has 7 nitrogen and oxygen atoms in total. The van der Waals surface area contributed by atoms with Gasteiger partial charge in [0.1, 0.15) is 17.8 Å². The first kappa shape index (κ1) is 22.5. The summed E-state index contributed by atoms with van der Waals surface area (Å²) in [7, 11) is 2.96. The van der Waals surface area contributed by atoms with E-state index in [4.69, 9.17) is 4.74 Å². The molecule has 1 saturated heterocycles. The fraction of sp³-hybridized carbons (Fsp3) is 0.381. The molecule has 1 aliphatic heterocycles. The lowest BCUT2D eigenvalue weighted by Gasteiger charge is -2.49. The standard InChI is InChI=1S/C21H23F3N4O3/c1-25-20(9-12-29)14-27(10-11-28(20)19(30)31-2)18-8-5-16(13-26-18)15-3-6-17(7-4-15)21(22,23)24/h3-8,12-13,25H,9-11,14H2,1-2H3. The molecular formula is C21H23F3N4O3. The highest BCUT2D eigenvalue weighted by molar-refractivity contribution is 5.70. The van der Waals surface area contributed by atoms with Crippen molar-refractivity contribution in [1.82, 2.24) is 15.2 Å². The van der Waals surface area contributed by atoms with Crippen molar-refractivity contribution in [3.8, 4) is 11.1 Å². The Balaban J connectivity index is 1.80. The number of hydrogen-bond donors (Lipinski definition) is 1. The smallest absolute Gasteiger partial charge is 0.416 e. The van der Waals surface area contributed by atoms with Crippen LogP contribution in [-0.2, 0) is 15.7 Å². The van der Waals surface area contributed by atoms with Gasteiger partial charge < -0.3 is 14.4 Å². The van der Waals surface area contributed by atoms with Gasteiger partial charge in [0.25, 0.3) is 0 Å². The first-order valence-corrected chi connectivity index (χ1v) is 9.61. The van der Waals surface area contributed by atoms with Gasteiger partial charge in [0.05, 0.1) is 19.2 Å². The summed E-state index contributed by atoms with van der Waals surface area (Å²) < 4.78 is 43.1. The zero-order chi connectivity index (χ0) is 22.6. The lowest BCUT2D eigenvalue weighted by atomic mass is 10.0. The number of anilines is 1. The van der Waals surface area contributed by atoms with Crippen molar-refractivity contribution in [2.45, 2.75) is 18.3 Å². The van der Waals surface area contributed by atoms with Gasteiger partial charge >= 0.3 is 12.3 Å².